The quantitative estimate of drug-likeness (QED) is 0.556. The Morgan fingerprint density at radius 1 is 1.32 bits per heavy atom. The van der Waals surface area contributed by atoms with Crippen molar-refractivity contribution in [2.45, 2.75) is 54.5 Å². The summed E-state index contributed by atoms with van der Waals surface area (Å²) in [5.41, 5.74) is -0.271. The van der Waals surface area contributed by atoms with Crippen LogP contribution in [0.15, 0.2) is 33.1 Å². The number of nitro groups is 1. The Labute approximate surface area is 168 Å². The Hall–Kier alpha value is -1.98. The molecule has 0 unspecified atom stereocenters. The van der Waals surface area contributed by atoms with E-state index < -0.39 is 14.9 Å². The van der Waals surface area contributed by atoms with Crippen molar-refractivity contribution < 1.29 is 13.3 Å². The molecule has 2 heterocycles. The number of nitrogens with one attached hydrogen (secondary N) is 1. The average Bonchev–Trinajstić information content (AvgIpc) is 3.11. The molecule has 1 aliphatic heterocycles. The number of aromatic nitrogens is 3. The first kappa shape index (κ1) is 20.7. The number of H-pyrrole nitrogens is 1. The minimum Gasteiger partial charge on any atom is -0.262 e. The SMILES string of the molecule is CC1CCN(S(=O)(=O)c2ccc(Sc3n[nH]c(C(C)C)n3)c([N+](=O)[O-])c2)CC1. The summed E-state index contributed by atoms with van der Waals surface area (Å²) in [7, 11) is -3.76. The molecule has 0 atom stereocenters. The van der Waals surface area contributed by atoms with Crippen molar-refractivity contribution >= 4 is 27.5 Å². The average molecular weight is 426 g/mol. The van der Waals surface area contributed by atoms with Crippen LogP contribution in [0.5, 0.6) is 0 Å². The molecule has 0 aliphatic carbocycles. The Balaban J connectivity index is 1.89. The summed E-state index contributed by atoms with van der Waals surface area (Å²) in [4.78, 5) is 15.5. The number of benzene rings is 1. The van der Waals surface area contributed by atoms with Gasteiger partial charge in [-0.05, 0) is 42.7 Å². The first-order chi connectivity index (χ1) is 13.2. The van der Waals surface area contributed by atoms with Crippen LogP contribution in [0, 0.1) is 16.0 Å². The molecule has 3 rings (SSSR count). The van der Waals surface area contributed by atoms with Crippen LogP contribution in [0.25, 0.3) is 0 Å². The summed E-state index contributed by atoms with van der Waals surface area (Å²) in [6.45, 7) is 6.87. The fourth-order valence-electron chi connectivity index (χ4n) is 2.92. The van der Waals surface area contributed by atoms with Gasteiger partial charge in [0.2, 0.25) is 15.2 Å². The highest BCUT2D eigenvalue weighted by atomic mass is 32.2. The fourth-order valence-corrected chi connectivity index (χ4v) is 5.22. The van der Waals surface area contributed by atoms with Crippen LogP contribution in [-0.2, 0) is 10.0 Å². The lowest BCUT2D eigenvalue weighted by molar-refractivity contribution is -0.388. The van der Waals surface area contributed by atoms with Crippen molar-refractivity contribution in [1.82, 2.24) is 19.5 Å². The molecule has 0 bridgehead atoms. The maximum Gasteiger partial charge on any atom is 0.284 e. The molecule has 0 spiro atoms. The molecule has 1 N–H and O–H groups in total. The lowest BCUT2D eigenvalue weighted by Gasteiger charge is -2.29. The van der Waals surface area contributed by atoms with E-state index in [0.29, 0.717) is 34.9 Å². The first-order valence-corrected chi connectivity index (χ1v) is 11.3. The second kappa shape index (κ2) is 8.18. The van der Waals surface area contributed by atoms with E-state index in [9.17, 15) is 18.5 Å². The van der Waals surface area contributed by atoms with Crippen molar-refractivity contribution in [1.29, 1.82) is 0 Å². The van der Waals surface area contributed by atoms with Gasteiger partial charge in [-0.3, -0.25) is 15.2 Å². The maximum absolute atomic E-state index is 12.9. The molecule has 11 heteroatoms. The number of nitro benzene ring substituents is 1. The van der Waals surface area contributed by atoms with Crippen molar-refractivity contribution in [2.24, 2.45) is 5.92 Å². The molecular weight excluding hydrogens is 402 g/mol. The first-order valence-electron chi connectivity index (χ1n) is 9.07. The predicted molar refractivity (Wildman–Crippen MR) is 105 cm³/mol. The van der Waals surface area contributed by atoms with E-state index in [1.54, 1.807) is 0 Å². The number of rotatable bonds is 6. The van der Waals surface area contributed by atoms with Crippen molar-refractivity contribution in [3.8, 4) is 0 Å². The highest BCUT2D eigenvalue weighted by molar-refractivity contribution is 7.99. The predicted octanol–water partition coefficient (Wildman–Crippen LogP) is 3.41. The lowest BCUT2D eigenvalue weighted by atomic mass is 10.0. The number of sulfonamides is 1. The Kier molecular flexibility index (Phi) is 6.06. The van der Waals surface area contributed by atoms with Gasteiger partial charge >= 0.3 is 0 Å². The minimum absolute atomic E-state index is 0.0593. The van der Waals surface area contributed by atoms with E-state index in [2.05, 4.69) is 22.1 Å². The third-order valence-electron chi connectivity index (χ3n) is 4.74. The van der Waals surface area contributed by atoms with E-state index in [1.165, 1.54) is 16.4 Å². The van der Waals surface area contributed by atoms with Gasteiger partial charge < -0.3 is 0 Å². The normalized spacial score (nSPS) is 16.6. The molecule has 2 aromatic rings. The molecule has 0 radical (unpaired) electrons. The van der Waals surface area contributed by atoms with Crippen LogP contribution < -0.4 is 0 Å². The molecule has 1 saturated heterocycles. The molecule has 28 heavy (non-hydrogen) atoms. The van der Waals surface area contributed by atoms with Gasteiger partial charge in [0.25, 0.3) is 5.69 Å². The zero-order chi connectivity index (χ0) is 20.5. The van der Waals surface area contributed by atoms with Crippen molar-refractivity contribution in [2.75, 3.05) is 13.1 Å². The summed E-state index contributed by atoms with van der Waals surface area (Å²) in [5.74, 6) is 1.32. The van der Waals surface area contributed by atoms with E-state index in [0.717, 1.165) is 30.7 Å². The van der Waals surface area contributed by atoms with Gasteiger partial charge in [0.15, 0.2) is 0 Å². The number of nitrogens with zero attached hydrogens (tertiary/aromatic N) is 4. The summed E-state index contributed by atoms with van der Waals surface area (Å²) >= 11 is 1.03. The summed E-state index contributed by atoms with van der Waals surface area (Å²) in [6, 6.07) is 4.00. The van der Waals surface area contributed by atoms with Crippen LogP contribution in [0.2, 0.25) is 0 Å². The van der Waals surface area contributed by atoms with Gasteiger partial charge in [-0.1, -0.05) is 20.8 Å². The van der Waals surface area contributed by atoms with Crippen LogP contribution in [0.1, 0.15) is 45.4 Å². The highest BCUT2D eigenvalue weighted by Gasteiger charge is 2.30. The second-order valence-electron chi connectivity index (χ2n) is 7.23. The number of hydrogen-bond acceptors (Lipinski definition) is 7. The summed E-state index contributed by atoms with van der Waals surface area (Å²) in [5, 5.41) is 18.8. The van der Waals surface area contributed by atoms with Gasteiger partial charge in [-0.25, -0.2) is 13.4 Å². The van der Waals surface area contributed by atoms with E-state index >= 15 is 0 Å². The molecule has 152 valence electrons. The van der Waals surface area contributed by atoms with Crippen LogP contribution in [0.3, 0.4) is 0 Å². The van der Waals surface area contributed by atoms with Crippen molar-refractivity contribution in [3.63, 3.8) is 0 Å². The molecule has 0 amide bonds. The fraction of sp³-hybridized carbons (Fsp3) is 0.529. The van der Waals surface area contributed by atoms with Gasteiger partial charge in [0.1, 0.15) is 5.82 Å². The molecule has 1 aromatic heterocycles. The Bertz CT molecular complexity index is 966. The summed E-state index contributed by atoms with van der Waals surface area (Å²) in [6.07, 6.45) is 1.58. The third-order valence-corrected chi connectivity index (χ3v) is 7.56. The molecule has 9 nitrogen and oxygen atoms in total. The lowest BCUT2D eigenvalue weighted by Crippen LogP contribution is -2.37. The number of aromatic amines is 1. The second-order valence-corrected chi connectivity index (χ2v) is 10.2. The number of piperidine rings is 1. The van der Waals surface area contributed by atoms with E-state index in [-0.39, 0.29) is 16.5 Å². The van der Waals surface area contributed by atoms with Crippen LogP contribution >= 0.6 is 11.8 Å². The smallest absolute Gasteiger partial charge is 0.262 e. The molecule has 1 aliphatic rings. The standard InChI is InChI=1S/C17H23N5O4S2/c1-11(2)16-18-17(20-19-16)27-15-5-4-13(10-14(15)22(23)24)28(25,26)21-8-6-12(3)7-9-21/h4-5,10-12H,6-9H2,1-3H3,(H,18,19,20). The van der Waals surface area contributed by atoms with Crippen LogP contribution in [-0.4, -0.2) is 45.9 Å². The monoisotopic (exact) mass is 425 g/mol. The molecule has 1 aromatic carbocycles. The third kappa shape index (κ3) is 4.36. The van der Waals surface area contributed by atoms with Crippen LogP contribution in [0.4, 0.5) is 5.69 Å². The molecular formula is C17H23N5O4S2. The highest BCUT2D eigenvalue weighted by Crippen LogP contribution is 2.36. The van der Waals surface area contributed by atoms with E-state index in [1.807, 2.05) is 13.8 Å². The Morgan fingerprint density at radius 2 is 2.00 bits per heavy atom. The maximum atomic E-state index is 12.9. The van der Waals surface area contributed by atoms with Crippen molar-refractivity contribution in [3.05, 3.63) is 34.1 Å². The van der Waals surface area contributed by atoms with Gasteiger partial charge in [-0.2, -0.15) is 4.31 Å². The largest absolute Gasteiger partial charge is 0.284 e. The Morgan fingerprint density at radius 3 is 2.57 bits per heavy atom. The van der Waals surface area contributed by atoms with Gasteiger partial charge in [-0.15, -0.1) is 5.10 Å². The molecule has 1 fully saturated rings. The molecule has 0 saturated carbocycles. The number of hydrogen-bond donors (Lipinski definition) is 1. The van der Waals surface area contributed by atoms with E-state index in [4.69, 9.17) is 0 Å². The topological polar surface area (TPSA) is 122 Å². The zero-order valence-electron chi connectivity index (χ0n) is 16.0. The summed E-state index contributed by atoms with van der Waals surface area (Å²) < 4.78 is 27.2. The van der Waals surface area contributed by atoms with Gasteiger partial charge in [0.05, 0.1) is 14.7 Å². The minimum atomic E-state index is -3.76. The van der Waals surface area contributed by atoms with Gasteiger partial charge in [0, 0.05) is 25.1 Å². The zero-order valence-corrected chi connectivity index (χ0v) is 17.6.